The molecule has 0 saturated heterocycles. The molecule has 0 amide bonds. The summed E-state index contributed by atoms with van der Waals surface area (Å²) < 4.78 is 76.6. The Morgan fingerprint density at radius 3 is 1.92 bits per heavy atom. The highest BCUT2D eigenvalue weighted by Crippen LogP contribution is 2.47. The summed E-state index contributed by atoms with van der Waals surface area (Å²) in [6, 6.07) is 7.55. The maximum absolute atomic E-state index is 14.7. The molecule has 0 aromatic heterocycles. The van der Waals surface area contributed by atoms with Gasteiger partial charge in [-0.25, -0.2) is 8.78 Å². The van der Waals surface area contributed by atoms with Gasteiger partial charge in [0.15, 0.2) is 11.6 Å². The van der Waals surface area contributed by atoms with Crippen molar-refractivity contribution in [3.63, 3.8) is 0 Å². The van der Waals surface area contributed by atoms with E-state index in [4.69, 9.17) is 4.74 Å². The van der Waals surface area contributed by atoms with Crippen molar-refractivity contribution in [3.05, 3.63) is 53.1 Å². The van der Waals surface area contributed by atoms with E-state index in [-0.39, 0.29) is 35.2 Å². The summed E-state index contributed by atoms with van der Waals surface area (Å²) >= 11 is 0. The summed E-state index contributed by atoms with van der Waals surface area (Å²) in [6.07, 6.45) is 5.67. The third kappa shape index (κ3) is 6.33. The van der Waals surface area contributed by atoms with Gasteiger partial charge < -0.3 is 9.47 Å². The Labute approximate surface area is 210 Å². The molecule has 0 atom stereocenters. The third-order valence-electron chi connectivity index (χ3n) is 8.17. The number of ether oxygens (including phenoxy) is 2. The molecule has 36 heavy (non-hydrogen) atoms. The second-order valence-corrected chi connectivity index (χ2v) is 10.2. The molecule has 2 nitrogen and oxygen atoms in total. The van der Waals surface area contributed by atoms with Gasteiger partial charge in [0, 0.05) is 17.2 Å². The molecular weight excluding hydrogens is 475 g/mol. The molecule has 0 aliphatic heterocycles. The quantitative estimate of drug-likeness (QED) is 0.346. The molecule has 0 bridgehead atoms. The number of hydrogen-bond donors (Lipinski definition) is 0. The number of benzene rings is 2. The molecule has 2 saturated carbocycles. The van der Waals surface area contributed by atoms with E-state index in [9.17, 15) is 22.0 Å². The zero-order valence-electron chi connectivity index (χ0n) is 20.9. The van der Waals surface area contributed by atoms with Gasteiger partial charge in [0.2, 0.25) is 0 Å². The van der Waals surface area contributed by atoms with Crippen LogP contribution in [0.5, 0.6) is 17.2 Å². The average Bonchev–Trinajstić information content (AvgIpc) is 2.87. The smallest absolute Gasteiger partial charge is 0.457 e. The summed E-state index contributed by atoms with van der Waals surface area (Å²) in [5.74, 6) is 0.343. The molecule has 0 unspecified atom stereocenters. The van der Waals surface area contributed by atoms with E-state index in [1.807, 2.05) is 0 Å². The molecule has 2 aromatic carbocycles. The summed E-state index contributed by atoms with van der Waals surface area (Å²) in [7, 11) is 0. The molecule has 0 heterocycles. The van der Waals surface area contributed by atoms with Crippen LogP contribution in [0.25, 0.3) is 0 Å². The number of rotatable bonds is 7. The van der Waals surface area contributed by atoms with Gasteiger partial charge in [0.1, 0.15) is 17.2 Å². The number of halogens is 5. The summed E-state index contributed by atoms with van der Waals surface area (Å²) in [5.41, 5.74) is 0.645. The first-order chi connectivity index (χ1) is 17.2. The Morgan fingerprint density at radius 2 is 1.39 bits per heavy atom. The highest BCUT2D eigenvalue weighted by molar-refractivity contribution is 5.47. The topological polar surface area (TPSA) is 18.5 Å². The van der Waals surface area contributed by atoms with Gasteiger partial charge in [0.25, 0.3) is 0 Å². The second kappa shape index (κ2) is 11.4. The van der Waals surface area contributed by atoms with Crippen molar-refractivity contribution in [2.45, 2.75) is 90.3 Å². The summed E-state index contributed by atoms with van der Waals surface area (Å²) in [5, 5.41) is 0. The number of alkyl halides is 3. The minimum atomic E-state index is -4.80. The first-order valence-electron chi connectivity index (χ1n) is 13.1. The van der Waals surface area contributed by atoms with E-state index in [2.05, 4.69) is 17.7 Å². The van der Waals surface area contributed by atoms with Gasteiger partial charge in [-0.3, -0.25) is 0 Å². The van der Waals surface area contributed by atoms with E-state index < -0.39 is 18.0 Å². The van der Waals surface area contributed by atoms with Crippen LogP contribution in [0.15, 0.2) is 24.3 Å². The fourth-order valence-electron chi connectivity index (χ4n) is 6.12. The predicted octanol–water partition coefficient (Wildman–Crippen LogP) is 9.51. The highest BCUT2D eigenvalue weighted by Gasteiger charge is 2.34. The van der Waals surface area contributed by atoms with E-state index in [0.717, 1.165) is 49.7 Å². The largest absolute Gasteiger partial charge is 0.573 e. The molecule has 2 aliphatic carbocycles. The summed E-state index contributed by atoms with van der Waals surface area (Å²) in [4.78, 5) is 0. The van der Waals surface area contributed by atoms with Gasteiger partial charge in [-0.2, -0.15) is 0 Å². The van der Waals surface area contributed by atoms with Crippen molar-refractivity contribution < 1.29 is 31.4 Å². The Morgan fingerprint density at radius 1 is 0.833 bits per heavy atom. The van der Waals surface area contributed by atoms with Crippen molar-refractivity contribution in [1.82, 2.24) is 0 Å². The second-order valence-electron chi connectivity index (χ2n) is 10.2. The molecule has 7 heteroatoms. The van der Waals surface area contributed by atoms with E-state index in [0.29, 0.717) is 11.5 Å². The van der Waals surface area contributed by atoms with Gasteiger partial charge >= 0.3 is 6.36 Å². The van der Waals surface area contributed by atoms with Crippen LogP contribution in [0.3, 0.4) is 0 Å². The normalized spacial score (nSPS) is 25.0. The zero-order valence-corrected chi connectivity index (χ0v) is 20.9. The van der Waals surface area contributed by atoms with Crippen molar-refractivity contribution in [2.75, 3.05) is 0 Å². The lowest BCUT2D eigenvalue weighted by Gasteiger charge is -2.38. The van der Waals surface area contributed by atoms with Crippen LogP contribution in [0.2, 0.25) is 0 Å². The van der Waals surface area contributed by atoms with Crippen LogP contribution in [0.1, 0.15) is 88.7 Å². The van der Waals surface area contributed by atoms with Crippen molar-refractivity contribution >= 4 is 0 Å². The maximum atomic E-state index is 14.7. The van der Waals surface area contributed by atoms with Gasteiger partial charge in [-0.1, -0.05) is 33.1 Å². The monoisotopic (exact) mass is 509 g/mol. The molecule has 2 aliphatic rings. The standard InChI is InChI=1S/C29H34F5O2/c1-3-18-5-7-19(8-6-18)20-9-11-21(12-10-20)25-17-26(30)27(31)24(4-2)28(25)35-22-13-15-23(16-14-22)36-29(32,33)34/h13-16,18-21H,3-12H2,1-2H3/t18-,19-,20-,21-. The van der Waals surface area contributed by atoms with Crippen LogP contribution in [-0.4, -0.2) is 6.36 Å². The number of hydrogen-bond acceptors (Lipinski definition) is 2. The van der Waals surface area contributed by atoms with Gasteiger partial charge in [-0.15, -0.1) is 13.2 Å². The van der Waals surface area contributed by atoms with Crippen LogP contribution in [0.4, 0.5) is 22.0 Å². The van der Waals surface area contributed by atoms with Gasteiger partial charge in [0.05, 0.1) is 0 Å². The molecule has 2 fully saturated rings. The Bertz CT molecular complexity index is 1000. The first kappa shape index (κ1) is 26.7. The molecule has 1 radical (unpaired) electrons. The maximum Gasteiger partial charge on any atom is 0.573 e. The van der Waals surface area contributed by atoms with Crippen LogP contribution >= 0.6 is 0 Å². The van der Waals surface area contributed by atoms with Crippen LogP contribution in [-0.2, 0) is 6.42 Å². The average molecular weight is 510 g/mol. The Kier molecular flexibility index (Phi) is 8.46. The van der Waals surface area contributed by atoms with E-state index in [1.165, 1.54) is 44.2 Å². The lowest BCUT2D eigenvalue weighted by molar-refractivity contribution is -0.274. The van der Waals surface area contributed by atoms with Crippen LogP contribution in [0, 0.1) is 35.5 Å². The zero-order chi connectivity index (χ0) is 25.9. The third-order valence-corrected chi connectivity index (χ3v) is 8.17. The summed E-state index contributed by atoms with van der Waals surface area (Å²) in [6.45, 7) is 3.99. The first-order valence-corrected chi connectivity index (χ1v) is 13.1. The minimum absolute atomic E-state index is 0.00327. The fourth-order valence-corrected chi connectivity index (χ4v) is 6.12. The Balaban J connectivity index is 1.51. The van der Waals surface area contributed by atoms with Crippen molar-refractivity contribution in [1.29, 1.82) is 0 Å². The minimum Gasteiger partial charge on any atom is -0.457 e. The van der Waals surface area contributed by atoms with E-state index in [1.54, 1.807) is 6.92 Å². The molecular formula is C29H34F5O2. The lowest BCUT2D eigenvalue weighted by Crippen LogP contribution is -2.25. The predicted molar refractivity (Wildman–Crippen MR) is 128 cm³/mol. The SMILES string of the molecule is CCc1c(F)c(F)[c]c([C@H]2CC[C@H]([C@H]3CC[C@H](CC)CC3)CC2)c1Oc1ccc(OC(F)(F)F)cc1. The highest BCUT2D eigenvalue weighted by atomic mass is 19.4. The van der Waals surface area contributed by atoms with Crippen LogP contribution < -0.4 is 9.47 Å². The van der Waals surface area contributed by atoms with Crippen molar-refractivity contribution in [2.24, 2.45) is 17.8 Å². The molecule has 0 N–H and O–H groups in total. The molecule has 197 valence electrons. The van der Waals surface area contributed by atoms with E-state index >= 15 is 0 Å². The lowest BCUT2D eigenvalue weighted by atomic mass is 9.68. The van der Waals surface area contributed by atoms with Crippen molar-refractivity contribution in [3.8, 4) is 17.2 Å². The molecule has 4 rings (SSSR count). The molecule has 0 spiro atoms. The fraction of sp³-hybridized carbons (Fsp3) is 0.586. The van der Waals surface area contributed by atoms with Gasteiger partial charge in [-0.05, 0) is 92.9 Å². The molecule has 2 aromatic rings. The Hall–Kier alpha value is -2.31.